The van der Waals surface area contributed by atoms with Gasteiger partial charge in [-0.3, -0.25) is 0 Å². The van der Waals surface area contributed by atoms with Gasteiger partial charge in [-0.05, 0) is 94.0 Å². The first-order valence-corrected chi connectivity index (χ1v) is 12.9. The molecule has 0 fully saturated rings. The molecule has 38 heavy (non-hydrogen) atoms. The SMILES string of the molecule is [B]c1c2ccccc2cc2c1ccc1c(-c3cc4c([B])c5ccccc5cc4c4ccccc34)cccc12. The van der Waals surface area contributed by atoms with Crippen LogP contribution >= 0.6 is 0 Å². The first kappa shape index (κ1) is 21.5. The number of benzene rings is 8. The highest BCUT2D eigenvalue weighted by Gasteiger charge is 2.15. The Hall–Kier alpha value is -4.55. The van der Waals surface area contributed by atoms with Gasteiger partial charge in [-0.2, -0.15) is 0 Å². The van der Waals surface area contributed by atoms with Crippen molar-refractivity contribution in [3.63, 3.8) is 0 Å². The summed E-state index contributed by atoms with van der Waals surface area (Å²) in [5.41, 5.74) is 4.05. The molecule has 0 heterocycles. The van der Waals surface area contributed by atoms with Gasteiger partial charge in [0.05, 0.1) is 0 Å². The van der Waals surface area contributed by atoms with Crippen molar-refractivity contribution in [1.29, 1.82) is 0 Å². The number of hydrogen-bond donors (Lipinski definition) is 0. The molecule has 0 nitrogen and oxygen atoms in total. The molecular weight excluding hydrogens is 454 g/mol. The number of hydrogen-bond acceptors (Lipinski definition) is 0. The predicted octanol–water partition coefficient (Wildman–Crippen LogP) is 7.86. The van der Waals surface area contributed by atoms with E-state index in [2.05, 4.69) is 115 Å². The lowest BCUT2D eigenvalue weighted by Gasteiger charge is -2.17. The maximum Gasteiger partial charge on any atom is 0.115 e. The Bertz CT molecular complexity index is 2260. The summed E-state index contributed by atoms with van der Waals surface area (Å²) < 4.78 is 0. The van der Waals surface area contributed by atoms with Crippen LogP contribution in [0.3, 0.4) is 0 Å². The minimum atomic E-state index is 0.829. The zero-order valence-corrected chi connectivity index (χ0v) is 20.7. The maximum atomic E-state index is 6.84. The summed E-state index contributed by atoms with van der Waals surface area (Å²) >= 11 is 0. The quantitative estimate of drug-likeness (QED) is 0.129. The first-order chi connectivity index (χ1) is 18.7. The van der Waals surface area contributed by atoms with Gasteiger partial charge in [0.25, 0.3) is 0 Å². The van der Waals surface area contributed by atoms with Gasteiger partial charge >= 0.3 is 0 Å². The molecule has 2 heteroatoms. The van der Waals surface area contributed by atoms with E-state index in [1.54, 1.807) is 0 Å². The van der Waals surface area contributed by atoms with Crippen molar-refractivity contribution in [3.8, 4) is 11.1 Å². The molecule has 0 spiro atoms. The molecule has 0 amide bonds. The van der Waals surface area contributed by atoms with Crippen molar-refractivity contribution in [2.45, 2.75) is 0 Å². The van der Waals surface area contributed by atoms with E-state index in [1.807, 2.05) is 6.07 Å². The summed E-state index contributed by atoms with van der Waals surface area (Å²) in [4.78, 5) is 0. The first-order valence-electron chi connectivity index (χ1n) is 12.9. The van der Waals surface area contributed by atoms with Crippen molar-refractivity contribution < 1.29 is 0 Å². The van der Waals surface area contributed by atoms with Crippen LogP contribution in [-0.4, -0.2) is 15.7 Å². The van der Waals surface area contributed by atoms with Gasteiger partial charge in [0.2, 0.25) is 0 Å². The van der Waals surface area contributed by atoms with E-state index in [9.17, 15) is 0 Å². The van der Waals surface area contributed by atoms with Crippen LogP contribution in [0.15, 0.2) is 121 Å². The van der Waals surface area contributed by atoms with Crippen LogP contribution in [0.5, 0.6) is 0 Å². The molecule has 4 radical (unpaired) electrons. The van der Waals surface area contributed by atoms with Gasteiger partial charge in [-0.15, -0.1) is 0 Å². The number of fused-ring (bicyclic) bond motifs is 8. The fraction of sp³-hybridized carbons (Fsp3) is 0. The van der Waals surface area contributed by atoms with Crippen LogP contribution in [0.2, 0.25) is 0 Å². The van der Waals surface area contributed by atoms with Crippen molar-refractivity contribution in [2.75, 3.05) is 0 Å². The van der Waals surface area contributed by atoms with Crippen LogP contribution in [-0.2, 0) is 0 Å². The second-order valence-corrected chi connectivity index (χ2v) is 10.1. The normalized spacial score (nSPS) is 11.9. The van der Waals surface area contributed by atoms with Crippen LogP contribution in [0.4, 0.5) is 0 Å². The highest BCUT2D eigenvalue weighted by atomic mass is 14.2. The van der Waals surface area contributed by atoms with Crippen LogP contribution < -0.4 is 10.9 Å². The van der Waals surface area contributed by atoms with E-state index in [1.165, 1.54) is 43.4 Å². The third kappa shape index (κ3) is 2.95. The molecule has 0 aliphatic carbocycles. The van der Waals surface area contributed by atoms with E-state index in [0.29, 0.717) is 0 Å². The highest BCUT2D eigenvalue weighted by Crippen LogP contribution is 2.40. The fourth-order valence-corrected chi connectivity index (χ4v) is 6.34. The van der Waals surface area contributed by atoms with Crippen LogP contribution in [0.25, 0.3) is 75.8 Å². The molecule has 170 valence electrons. The Morgan fingerprint density at radius 1 is 0.289 bits per heavy atom. The smallest absolute Gasteiger partial charge is 0.0813 e. The molecule has 0 aliphatic rings. The maximum absolute atomic E-state index is 6.84. The lowest BCUT2D eigenvalue weighted by Crippen LogP contribution is -2.06. The Morgan fingerprint density at radius 2 is 0.763 bits per heavy atom. The molecule has 0 atom stereocenters. The minimum absolute atomic E-state index is 0.829. The third-order valence-corrected chi connectivity index (χ3v) is 8.16. The van der Waals surface area contributed by atoms with E-state index < -0.39 is 0 Å². The summed E-state index contributed by atoms with van der Waals surface area (Å²) in [5.74, 6) is 0. The van der Waals surface area contributed by atoms with Gasteiger partial charge in [-0.1, -0.05) is 114 Å². The summed E-state index contributed by atoms with van der Waals surface area (Å²) in [5, 5.41) is 13.9. The Balaban J connectivity index is 1.51. The topological polar surface area (TPSA) is 0 Å². The second-order valence-electron chi connectivity index (χ2n) is 10.1. The second kappa shape index (κ2) is 7.97. The molecule has 8 rings (SSSR count). The molecule has 0 bridgehead atoms. The molecule has 0 aromatic heterocycles. The van der Waals surface area contributed by atoms with E-state index in [4.69, 9.17) is 15.7 Å². The van der Waals surface area contributed by atoms with Gasteiger partial charge < -0.3 is 0 Å². The molecule has 0 N–H and O–H groups in total. The molecule has 0 saturated heterocycles. The van der Waals surface area contributed by atoms with Crippen molar-refractivity contribution in [1.82, 2.24) is 0 Å². The van der Waals surface area contributed by atoms with Gasteiger partial charge in [-0.25, -0.2) is 0 Å². The van der Waals surface area contributed by atoms with Gasteiger partial charge in [0, 0.05) is 0 Å². The fourth-order valence-electron chi connectivity index (χ4n) is 6.34. The zero-order chi connectivity index (χ0) is 25.4. The Morgan fingerprint density at radius 3 is 1.45 bits per heavy atom. The monoisotopic (exact) mass is 474 g/mol. The van der Waals surface area contributed by atoms with E-state index in [-0.39, 0.29) is 0 Å². The standard InChI is InChI=1S/C36H20B2/c37-35-23-10-3-1-8-21(23)18-31-27-14-7-15-28(29(27)16-17-30(31)35)33-20-34-32(25-12-5-6-13-26(25)33)19-22-9-2-4-11-24(22)36(34)38/h1-20H. The van der Waals surface area contributed by atoms with E-state index >= 15 is 0 Å². The predicted molar refractivity (Wildman–Crippen MR) is 168 cm³/mol. The molecule has 8 aromatic rings. The average molecular weight is 474 g/mol. The molecule has 0 unspecified atom stereocenters. The summed E-state index contributed by atoms with van der Waals surface area (Å²) in [6.45, 7) is 0. The van der Waals surface area contributed by atoms with Crippen molar-refractivity contribution in [2.24, 2.45) is 0 Å². The largest absolute Gasteiger partial charge is 0.115 e. The zero-order valence-electron chi connectivity index (χ0n) is 20.7. The molecular formula is C36H20B2. The van der Waals surface area contributed by atoms with Gasteiger partial charge in [0.15, 0.2) is 0 Å². The lowest BCUT2D eigenvalue weighted by molar-refractivity contribution is 1.73. The van der Waals surface area contributed by atoms with Crippen molar-refractivity contribution in [3.05, 3.63) is 121 Å². The number of rotatable bonds is 1. The molecule has 0 saturated carbocycles. The highest BCUT2D eigenvalue weighted by molar-refractivity contribution is 6.47. The third-order valence-electron chi connectivity index (χ3n) is 8.16. The average Bonchev–Trinajstić information content (AvgIpc) is 2.97. The molecule has 0 aliphatic heterocycles. The summed E-state index contributed by atoms with van der Waals surface area (Å²) in [7, 11) is 13.5. The van der Waals surface area contributed by atoms with Crippen LogP contribution in [0.1, 0.15) is 0 Å². The van der Waals surface area contributed by atoms with Crippen LogP contribution in [0, 0.1) is 0 Å². The summed E-state index contributed by atoms with van der Waals surface area (Å²) in [6.07, 6.45) is 0. The Labute approximate surface area is 223 Å². The molecule has 8 aromatic carbocycles. The van der Waals surface area contributed by atoms with Gasteiger partial charge in [0.1, 0.15) is 15.7 Å². The lowest BCUT2D eigenvalue weighted by atomic mass is 9.81. The van der Waals surface area contributed by atoms with E-state index in [0.717, 1.165) is 43.2 Å². The minimum Gasteiger partial charge on any atom is -0.0813 e. The Kier molecular flexibility index (Phi) is 4.52. The van der Waals surface area contributed by atoms with Crippen molar-refractivity contribution >= 4 is 91.3 Å². The summed E-state index contributed by atoms with van der Waals surface area (Å²) in [6, 6.07) is 43.2.